The monoisotopic (exact) mass is 177 g/mol. The Kier molecular flexibility index (Phi) is 2.16. The lowest BCUT2D eigenvalue weighted by Crippen LogP contribution is -2.13. The van der Waals surface area contributed by atoms with Gasteiger partial charge in [0.1, 0.15) is 0 Å². The predicted octanol–water partition coefficient (Wildman–Crippen LogP) is 1.16. The van der Waals surface area contributed by atoms with Gasteiger partial charge >= 0.3 is 6.18 Å². The lowest BCUT2D eigenvalue weighted by molar-refractivity contribution is -0.127. The van der Waals surface area contributed by atoms with Gasteiger partial charge in [0.05, 0.1) is 12.1 Å². The van der Waals surface area contributed by atoms with Crippen LogP contribution in [0.4, 0.5) is 19.1 Å². The molecule has 0 aliphatic heterocycles. The van der Waals surface area contributed by atoms with E-state index in [4.69, 9.17) is 5.73 Å². The maximum atomic E-state index is 11.8. The number of hydrogen-bond donors (Lipinski definition) is 1. The largest absolute Gasteiger partial charge is 0.394 e. The van der Waals surface area contributed by atoms with E-state index in [1.165, 1.54) is 12.3 Å². The maximum Gasteiger partial charge on any atom is 0.394 e. The Hall–Kier alpha value is -1.33. The van der Waals surface area contributed by atoms with Crippen molar-refractivity contribution < 1.29 is 13.2 Å². The Morgan fingerprint density at radius 1 is 1.42 bits per heavy atom. The SMILES string of the molecule is Nc1nccc(CC(F)(F)F)n1. The first-order chi connectivity index (χ1) is 5.47. The van der Waals surface area contributed by atoms with E-state index in [9.17, 15) is 13.2 Å². The number of aromatic nitrogens is 2. The van der Waals surface area contributed by atoms with Crippen LogP contribution in [0.2, 0.25) is 0 Å². The lowest BCUT2D eigenvalue weighted by atomic mass is 10.3. The molecule has 0 saturated carbocycles. The predicted molar refractivity (Wildman–Crippen MR) is 36.2 cm³/mol. The topological polar surface area (TPSA) is 51.8 Å². The Bertz CT molecular complexity index is 271. The van der Waals surface area contributed by atoms with Crippen LogP contribution in [-0.4, -0.2) is 16.1 Å². The standard InChI is InChI=1S/C6H6F3N3/c7-6(8,9)3-4-1-2-11-5(10)12-4/h1-2H,3H2,(H2,10,11,12). The van der Waals surface area contributed by atoms with Gasteiger partial charge in [0.2, 0.25) is 5.95 Å². The van der Waals surface area contributed by atoms with Gasteiger partial charge in [-0.1, -0.05) is 0 Å². The van der Waals surface area contributed by atoms with E-state index in [0.29, 0.717) is 0 Å². The molecule has 12 heavy (non-hydrogen) atoms. The van der Waals surface area contributed by atoms with Gasteiger partial charge in [0.15, 0.2) is 0 Å². The maximum absolute atomic E-state index is 11.8. The van der Waals surface area contributed by atoms with Gasteiger partial charge in [-0.2, -0.15) is 13.2 Å². The van der Waals surface area contributed by atoms with Crippen molar-refractivity contribution in [2.24, 2.45) is 0 Å². The van der Waals surface area contributed by atoms with E-state index in [0.717, 1.165) is 0 Å². The van der Waals surface area contributed by atoms with Crippen molar-refractivity contribution in [1.29, 1.82) is 0 Å². The number of hydrogen-bond acceptors (Lipinski definition) is 3. The first kappa shape index (κ1) is 8.76. The molecule has 1 aromatic rings. The molecule has 0 bridgehead atoms. The van der Waals surface area contributed by atoms with Crippen molar-refractivity contribution in [1.82, 2.24) is 9.97 Å². The van der Waals surface area contributed by atoms with Gasteiger partial charge in [-0.05, 0) is 6.07 Å². The van der Waals surface area contributed by atoms with Crippen LogP contribution in [0.3, 0.4) is 0 Å². The molecule has 0 atom stereocenters. The van der Waals surface area contributed by atoms with Gasteiger partial charge < -0.3 is 5.73 Å². The summed E-state index contributed by atoms with van der Waals surface area (Å²) in [5.74, 6) is -0.142. The summed E-state index contributed by atoms with van der Waals surface area (Å²) in [6.07, 6.45) is -4.12. The molecule has 0 unspecified atom stereocenters. The zero-order chi connectivity index (χ0) is 9.19. The van der Waals surface area contributed by atoms with Crippen molar-refractivity contribution >= 4 is 5.95 Å². The molecule has 1 heterocycles. The minimum absolute atomic E-state index is 0.116. The van der Waals surface area contributed by atoms with Gasteiger partial charge in [-0.3, -0.25) is 0 Å². The average molecular weight is 177 g/mol. The minimum Gasteiger partial charge on any atom is -0.368 e. The van der Waals surface area contributed by atoms with Crippen LogP contribution >= 0.6 is 0 Å². The first-order valence-corrected chi connectivity index (χ1v) is 3.11. The normalized spacial score (nSPS) is 11.6. The molecule has 0 radical (unpaired) electrons. The van der Waals surface area contributed by atoms with Crippen LogP contribution < -0.4 is 5.73 Å². The molecule has 2 N–H and O–H groups in total. The summed E-state index contributed by atoms with van der Waals surface area (Å²) in [6, 6.07) is 1.18. The Balaban J connectivity index is 2.77. The molecule has 0 aliphatic rings. The third-order valence-corrected chi connectivity index (χ3v) is 1.11. The molecule has 6 heteroatoms. The van der Waals surface area contributed by atoms with E-state index in [-0.39, 0.29) is 11.6 Å². The zero-order valence-electron chi connectivity index (χ0n) is 5.97. The number of nitrogen functional groups attached to an aromatic ring is 1. The first-order valence-electron chi connectivity index (χ1n) is 3.11. The summed E-state index contributed by atoms with van der Waals surface area (Å²) in [4.78, 5) is 6.87. The molecule has 0 saturated heterocycles. The minimum atomic E-state index is -4.25. The summed E-state index contributed by atoms with van der Waals surface area (Å²) in [6.45, 7) is 0. The summed E-state index contributed by atoms with van der Waals surface area (Å²) < 4.78 is 35.3. The van der Waals surface area contributed by atoms with Crippen molar-refractivity contribution in [3.05, 3.63) is 18.0 Å². The van der Waals surface area contributed by atoms with Crippen LogP contribution in [0.5, 0.6) is 0 Å². The van der Waals surface area contributed by atoms with Crippen molar-refractivity contribution in [2.45, 2.75) is 12.6 Å². The van der Waals surface area contributed by atoms with E-state index in [1.807, 2.05) is 0 Å². The number of anilines is 1. The second-order valence-corrected chi connectivity index (χ2v) is 2.20. The highest BCUT2D eigenvalue weighted by Crippen LogP contribution is 2.19. The van der Waals surface area contributed by atoms with Crippen molar-refractivity contribution in [3.63, 3.8) is 0 Å². The molecule has 1 aromatic heterocycles. The quantitative estimate of drug-likeness (QED) is 0.700. The smallest absolute Gasteiger partial charge is 0.368 e. The van der Waals surface area contributed by atoms with Gasteiger partial charge in [-0.15, -0.1) is 0 Å². The molecule has 0 amide bonds. The van der Waals surface area contributed by atoms with Gasteiger partial charge in [0, 0.05) is 6.20 Å². The molecular weight excluding hydrogens is 171 g/mol. The van der Waals surface area contributed by atoms with Crippen molar-refractivity contribution in [3.8, 4) is 0 Å². The lowest BCUT2D eigenvalue weighted by Gasteiger charge is -2.04. The van der Waals surface area contributed by atoms with E-state index in [2.05, 4.69) is 9.97 Å². The Labute approximate surface area is 66.4 Å². The highest BCUT2D eigenvalue weighted by molar-refractivity contribution is 5.17. The summed E-state index contributed by atoms with van der Waals surface area (Å²) in [7, 11) is 0. The third kappa shape index (κ3) is 2.73. The molecule has 0 aliphatic carbocycles. The van der Waals surface area contributed by atoms with Crippen LogP contribution in [0.25, 0.3) is 0 Å². The second kappa shape index (κ2) is 2.96. The van der Waals surface area contributed by atoms with E-state index < -0.39 is 12.6 Å². The summed E-state index contributed by atoms with van der Waals surface area (Å²) in [5.41, 5.74) is 4.97. The molecule has 3 nitrogen and oxygen atoms in total. The van der Waals surface area contributed by atoms with Gasteiger partial charge in [-0.25, -0.2) is 9.97 Å². The number of halogens is 3. The molecule has 1 rings (SSSR count). The van der Waals surface area contributed by atoms with Crippen molar-refractivity contribution in [2.75, 3.05) is 5.73 Å². The fourth-order valence-electron chi connectivity index (χ4n) is 0.717. The highest BCUT2D eigenvalue weighted by Gasteiger charge is 2.28. The number of nitrogens with zero attached hydrogens (tertiary/aromatic N) is 2. The van der Waals surface area contributed by atoms with Crippen LogP contribution in [0.1, 0.15) is 5.69 Å². The average Bonchev–Trinajstić information content (AvgIpc) is 1.82. The van der Waals surface area contributed by atoms with Gasteiger partial charge in [0.25, 0.3) is 0 Å². The number of nitrogens with two attached hydrogens (primary N) is 1. The van der Waals surface area contributed by atoms with E-state index >= 15 is 0 Å². The molecule has 0 fully saturated rings. The zero-order valence-corrected chi connectivity index (χ0v) is 5.97. The molecule has 0 spiro atoms. The molecular formula is C6H6F3N3. The summed E-state index contributed by atoms with van der Waals surface area (Å²) in [5, 5.41) is 0. The summed E-state index contributed by atoms with van der Waals surface area (Å²) >= 11 is 0. The fraction of sp³-hybridized carbons (Fsp3) is 0.333. The molecule has 0 aromatic carbocycles. The molecule has 66 valence electrons. The van der Waals surface area contributed by atoms with Crippen LogP contribution in [-0.2, 0) is 6.42 Å². The van der Waals surface area contributed by atoms with Crippen LogP contribution in [0, 0.1) is 0 Å². The fourth-order valence-corrected chi connectivity index (χ4v) is 0.717. The number of rotatable bonds is 1. The Morgan fingerprint density at radius 2 is 2.08 bits per heavy atom. The highest BCUT2D eigenvalue weighted by atomic mass is 19.4. The Morgan fingerprint density at radius 3 is 2.58 bits per heavy atom. The third-order valence-electron chi connectivity index (χ3n) is 1.11. The van der Waals surface area contributed by atoms with Crippen LogP contribution in [0.15, 0.2) is 12.3 Å². The second-order valence-electron chi connectivity index (χ2n) is 2.20. The number of alkyl halides is 3. The van der Waals surface area contributed by atoms with E-state index in [1.54, 1.807) is 0 Å².